The molecule has 36 heavy (non-hydrogen) atoms. The smallest absolute Gasteiger partial charge is 0.410 e. The fourth-order valence-corrected chi connectivity index (χ4v) is 5.54. The number of amides is 3. The van der Waals surface area contributed by atoms with Crippen LogP contribution in [0.2, 0.25) is 0 Å². The number of likely N-dealkylation sites (tertiary alicyclic amines) is 1. The zero-order valence-electron chi connectivity index (χ0n) is 22.0. The van der Waals surface area contributed by atoms with Crippen LogP contribution >= 0.6 is 0 Å². The number of imide groups is 1. The topological polar surface area (TPSA) is 106 Å². The Bertz CT molecular complexity index is 1230. The second kappa shape index (κ2) is 9.63. The van der Waals surface area contributed by atoms with E-state index < -0.39 is 17.6 Å². The number of fused-ring (bicyclic) bond motifs is 3. The molecule has 2 aromatic rings. The Morgan fingerprint density at radius 1 is 1.00 bits per heavy atom. The molecule has 3 aliphatic heterocycles. The van der Waals surface area contributed by atoms with Crippen LogP contribution < -0.4 is 15.9 Å². The van der Waals surface area contributed by atoms with Crippen LogP contribution in [0.15, 0.2) is 23.0 Å². The van der Waals surface area contributed by atoms with Crippen LogP contribution in [-0.2, 0) is 21.4 Å². The van der Waals surface area contributed by atoms with Gasteiger partial charge >= 0.3 is 11.8 Å². The summed E-state index contributed by atoms with van der Waals surface area (Å²) in [6, 6.07) is 5.52. The van der Waals surface area contributed by atoms with Crippen molar-refractivity contribution >= 4 is 34.6 Å². The second-order valence-corrected chi connectivity index (χ2v) is 10.5. The van der Waals surface area contributed by atoms with Gasteiger partial charge < -0.3 is 14.5 Å². The molecule has 10 nitrogen and oxygen atoms in total. The van der Waals surface area contributed by atoms with E-state index in [-0.39, 0.29) is 36.2 Å². The van der Waals surface area contributed by atoms with Crippen molar-refractivity contribution in [3.63, 3.8) is 0 Å². The summed E-state index contributed by atoms with van der Waals surface area (Å²) >= 11 is 0. The number of imidazole rings is 1. The molecular weight excluding hydrogens is 462 g/mol. The Labute approximate surface area is 211 Å². The monoisotopic (exact) mass is 499 g/mol. The van der Waals surface area contributed by atoms with Gasteiger partial charge in [-0.1, -0.05) is 13.8 Å². The minimum absolute atomic E-state index is 0.179. The highest BCUT2D eigenvalue weighted by Crippen LogP contribution is 2.37. The minimum Gasteiger partial charge on any atom is -0.444 e. The standard InChI is InChI=1S/C24H31N5O5.C2H6/c1-24(2,3)34-23(33)27-12-15-5-6-16(13-27)28(15)14-7-8-17-19(11-14)26(4)22(32)29(17)18-9-10-20(30)25-21(18)31;1-2/h7-8,11,15-16,18H,5-6,9-10,12-13H2,1-4H3,(H,25,30,31);1-2H3. The lowest BCUT2D eigenvalue weighted by molar-refractivity contribution is -0.135. The number of nitrogens with zero attached hydrogens (tertiary/aromatic N) is 4. The minimum atomic E-state index is -0.701. The lowest BCUT2D eigenvalue weighted by Crippen LogP contribution is -2.56. The van der Waals surface area contributed by atoms with Gasteiger partial charge in [0.05, 0.1) is 11.0 Å². The molecule has 3 atom stereocenters. The summed E-state index contributed by atoms with van der Waals surface area (Å²) in [7, 11) is 1.70. The third-order valence-corrected chi connectivity index (χ3v) is 7.03. The summed E-state index contributed by atoms with van der Waals surface area (Å²) in [5.41, 5.74) is 1.60. The Morgan fingerprint density at radius 2 is 1.64 bits per heavy atom. The number of anilines is 1. The van der Waals surface area contributed by atoms with Crippen molar-refractivity contribution in [3.05, 3.63) is 28.7 Å². The van der Waals surface area contributed by atoms with Crippen molar-refractivity contribution in [3.8, 4) is 0 Å². The van der Waals surface area contributed by atoms with Gasteiger partial charge in [0, 0.05) is 44.3 Å². The molecule has 3 unspecified atom stereocenters. The van der Waals surface area contributed by atoms with Crippen molar-refractivity contribution in [2.75, 3.05) is 18.0 Å². The molecule has 1 aromatic heterocycles. The van der Waals surface area contributed by atoms with Crippen LogP contribution in [0, 0.1) is 0 Å². The molecule has 0 radical (unpaired) electrons. The number of rotatable bonds is 2. The molecule has 1 N–H and O–H groups in total. The van der Waals surface area contributed by atoms with Gasteiger partial charge in [0.2, 0.25) is 11.8 Å². The van der Waals surface area contributed by atoms with Gasteiger partial charge in [0.1, 0.15) is 11.6 Å². The highest BCUT2D eigenvalue weighted by molar-refractivity contribution is 6.00. The molecule has 4 heterocycles. The average Bonchev–Trinajstić information content (AvgIpc) is 3.22. The first-order chi connectivity index (χ1) is 17.0. The van der Waals surface area contributed by atoms with Gasteiger partial charge in [-0.3, -0.25) is 24.0 Å². The van der Waals surface area contributed by atoms with Gasteiger partial charge in [-0.05, 0) is 58.2 Å². The summed E-state index contributed by atoms with van der Waals surface area (Å²) in [6.45, 7) is 10.8. The zero-order chi connectivity index (χ0) is 26.4. The van der Waals surface area contributed by atoms with Crippen LogP contribution in [0.3, 0.4) is 0 Å². The summed E-state index contributed by atoms with van der Waals surface area (Å²) in [5, 5.41) is 2.34. The molecule has 5 rings (SSSR count). The SMILES string of the molecule is CC.Cn1c(=O)n(C2CCC(=O)NC2=O)c2ccc(N3C4CCC3CN(C(=O)OC(C)(C)C)C4)cc21. The fraction of sp³-hybridized carbons (Fsp3) is 0.615. The average molecular weight is 500 g/mol. The maximum Gasteiger partial charge on any atom is 0.410 e. The highest BCUT2D eigenvalue weighted by Gasteiger charge is 2.42. The number of nitrogens with one attached hydrogen (secondary N) is 1. The maximum absolute atomic E-state index is 13.1. The summed E-state index contributed by atoms with van der Waals surface area (Å²) in [4.78, 5) is 53.8. The van der Waals surface area contributed by atoms with E-state index in [1.807, 2.05) is 52.8 Å². The van der Waals surface area contributed by atoms with Gasteiger partial charge in [-0.15, -0.1) is 0 Å². The first kappa shape index (κ1) is 25.8. The van der Waals surface area contributed by atoms with Crippen LogP contribution in [0.5, 0.6) is 0 Å². The number of ether oxygens (including phenoxy) is 1. The molecule has 0 spiro atoms. The van der Waals surface area contributed by atoms with Crippen molar-refractivity contribution in [1.82, 2.24) is 19.4 Å². The van der Waals surface area contributed by atoms with E-state index in [1.165, 1.54) is 4.57 Å². The number of piperazine rings is 1. The molecular formula is C26H37N5O5. The highest BCUT2D eigenvalue weighted by atomic mass is 16.6. The summed E-state index contributed by atoms with van der Waals surface area (Å²) < 4.78 is 8.63. The fourth-order valence-electron chi connectivity index (χ4n) is 5.54. The number of carbonyl (C=O) groups excluding carboxylic acids is 3. The van der Waals surface area contributed by atoms with Gasteiger partial charge in [0.25, 0.3) is 0 Å². The molecule has 0 aliphatic carbocycles. The molecule has 3 aliphatic rings. The number of hydrogen-bond donors (Lipinski definition) is 1. The van der Waals surface area contributed by atoms with Crippen LogP contribution in [0.4, 0.5) is 10.5 Å². The second-order valence-electron chi connectivity index (χ2n) is 10.5. The molecule has 0 saturated carbocycles. The lowest BCUT2D eigenvalue weighted by Gasteiger charge is -2.42. The van der Waals surface area contributed by atoms with Gasteiger partial charge in [0.15, 0.2) is 0 Å². The van der Waals surface area contributed by atoms with E-state index >= 15 is 0 Å². The normalized spacial score (nSPS) is 23.9. The quantitative estimate of drug-likeness (QED) is 0.637. The molecule has 10 heteroatoms. The summed E-state index contributed by atoms with van der Waals surface area (Å²) in [6.07, 6.45) is 2.21. The summed E-state index contributed by atoms with van der Waals surface area (Å²) in [5.74, 6) is -0.746. The first-order valence-corrected chi connectivity index (χ1v) is 12.8. The van der Waals surface area contributed by atoms with Crippen molar-refractivity contribution in [1.29, 1.82) is 0 Å². The van der Waals surface area contributed by atoms with Crippen molar-refractivity contribution in [2.45, 2.75) is 84.0 Å². The van der Waals surface area contributed by atoms with Crippen LogP contribution in [0.1, 0.15) is 66.3 Å². The number of piperidine rings is 1. The Morgan fingerprint density at radius 3 is 2.22 bits per heavy atom. The maximum atomic E-state index is 13.1. The first-order valence-electron chi connectivity index (χ1n) is 12.8. The number of carbonyl (C=O) groups is 3. The largest absolute Gasteiger partial charge is 0.444 e. The predicted octanol–water partition coefficient (Wildman–Crippen LogP) is 2.93. The van der Waals surface area contributed by atoms with E-state index in [0.29, 0.717) is 25.0 Å². The predicted molar refractivity (Wildman–Crippen MR) is 137 cm³/mol. The van der Waals surface area contributed by atoms with E-state index in [0.717, 1.165) is 24.0 Å². The van der Waals surface area contributed by atoms with Crippen LogP contribution in [0.25, 0.3) is 11.0 Å². The number of aromatic nitrogens is 2. The molecule has 196 valence electrons. The van der Waals surface area contributed by atoms with Gasteiger partial charge in [-0.25, -0.2) is 9.59 Å². The lowest BCUT2D eigenvalue weighted by atomic mass is 10.1. The van der Waals surface area contributed by atoms with E-state index in [2.05, 4.69) is 10.2 Å². The Hall–Kier alpha value is -3.30. The molecule has 3 saturated heterocycles. The molecule has 2 bridgehead atoms. The van der Waals surface area contributed by atoms with Crippen molar-refractivity contribution in [2.24, 2.45) is 7.05 Å². The van der Waals surface area contributed by atoms with Gasteiger partial charge in [-0.2, -0.15) is 0 Å². The van der Waals surface area contributed by atoms with E-state index in [9.17, 15) is 19.2 Å². The molecule has 1 aromatic carbocycles. The Kier molecular flexibility index (Phi) is 6.90. The molecule has 3 amide bonds. The van der Waals surface area contributed by atoms with E-state index in [4.69, 9.17) is 4.74 Å². The third kappa shape index (κ3) is 4.60. The number of hydrogen-bond acceptors (Lipinski definition) is 6. The zero-order valence-corrected chi connectivity index (χ0v) is 22.0. The molecule has 3 fully saturated rings. The van der Waals surface area contributed by atoms with E-state index in [1.54, 1.807) is 16.5 Å². The Balaban J connectivity index is 0.00000148. The van der Waals surface area contributed by atoms with Crippen LogP contribution in [-0.4, -0.2) is 62.7 Å². The number of aryl methyl sites for hydroxylation is 1. The third-order valence-electron chi connectivity index (χ3n) is 7.03. The van der Waals surface area contributed by atoms with Crippen molar-refractivity contribution < 1.29 is 19.1 Å². The number of benzene rings is 1.